The third-order valence-electron chi connectivity index (χ3n) is 2.46. The average Bonchev–Trinajstić information content (AvgIpc) is 2.79. The molecule has 0 aromatic carbocycles. The first-order valence-corrected chi connectivity index (χ1v) is 6.52. The molecule has 0 saturated carbocycles. The molecule has 0 N–H and O–H groups in total. The van der Waals surface area contributed by atoms with E-state index in [1.54, 1.807) is 23.9 Å². The number of hydrogen-bond acceptors (Lipinski definition) is 3. The molecule has 6 heteroatoms. The summed E-state index contributed by atoms with van der Waals surface area (Å²) in [5.74, 6) is 0.0138. The van der Waals surface area contributed by atoms with E-state index < -0.39 is 0 Å². The quantitative estimate of drug-likeness (QED) is 0.810. The van der Waals surface area contributed by atoms with Gasteiger partial charge in [0, 0.05) is 19.0 Å². The number of thiophene rings is 1. The van der Waals surface area contributed by atoms with Gasteiger partial charge in [-0.25, -0.2) is 0 Å². The van der Waals surface area contributed by atoms with E-state index in [1.807, 2.05) is 6.92 Å². The van der Waals surface area contributed by atoms with Crippen molar-refractivity contribution in [2.45, 2.75) is 13.3 Å². The van der Waals surface area contributed by atoms with Gasteiger partial charge in [0.05, 0.1) is 14.9 Å². The van der Waals surface area contributed by atoms with Gasteiger partial charge in [-0.15, -0.1) is 11.3 Å². The summed E-state index contributed by atoms with van der Waals surface area (Å²) in [6.45, 7) is 1.84. The highest BCUT2D eigenvalue weighted by molar-refractivity contribution is 7.18. The number of carbonyl (C=O) groups is 1. The van der Waals surface area contributed by atoms with Crippen LogP contribution in [0.25, 0.3) is 0 Å². The molecule has 17 heavy (non-hydrogen) atoms. The minimum Gasteiger partial charge on any atom is -0.293 e. The highest BCUT2D eigenvalue weighted by atomic mass is 35.5. The van der Waals surface area contributed by atoms with Crippen LogP contribution in [0.15, 0.2) is 12.1 Å². The van der Waals surface area contributed by atoms with Gasteiger partial charge in [0.15, 0.2) is 5.78 Å². The van der Waals surface area contributed by atoms with Crippen LogP contribution in [0.2, 0.25) is 9.49 Å². The van der Waals surface area contributed by atoms with Gasteiger partial charge in [-0.3, -0.25) is 9.48 Å². The molecule has 0 radical (unpaired) electrons. The highest BCUT2D eigenvalue weighted by Crippen LogP contribution is 2.25. The Morgan fingerprint density at radius 3 is 2.65 bits per heavy atom. The van der Waals surface area contributed by atoms with Gasteiger partial charge in [0.2, 0.25) is 0 Å². The average molecular weight is 289 g/mol. The van der Waals surface area contributed by atoms with Crippen molar-refractivity contribution in [3.8, 4) is 0 Å². The lowest BCUT2D eigenvalue weighted by Crippen LogP contribution is -2.02. The van der Waals surface area contributed by atoms with E-state index in [1.165, 1.54) is 11.3 Å². The molecule has 90 valence electrons. The van der Waals surface area contributed by atoms with Crippen molar-refractivity contribution >= 4 is 40.3 Å². The molecule has 0 amide bonds. The Hall–Kier alpha value is -0.840. The summed E-state index contributed by atoms with van der Waals surface area (Å²) < 4.78 is 2.18. The van der Waals surface area contributed by atoms with Gasteiger partial charge < -0.3 is 0 Å². The minimum atomic E-state index is 0.0138. The first-order chi connectivity index (χ1) is 7.99. The number of rotatable bonds is 3. The summed E-state index contributed by atoms with van der Waals surface area (Å²) in [4.78, 5) is 12.6. The topological polar surface area (TPSA) is 34.9 Å². The molecule has 0 bridgehead atoms. The number of carbonyl (C=O) groups excluding carboxylic acids is 1. The lowest BCUT2D eigenvalue weighted by Gasteiger charge is -1.98. The summed E-state index contributed by atoms with van der Waals surface area (Å²) in [6, 6.07) is 3.45. The van der Waals surface area contributed by atoms with Crippen LogP contribution in [-0.4, -0.2) is 15.6 Å². The molecule has 0 fully saturated rings. The van der Waals surface area contributed by atoms with Crippen molar-refractivity contribution in [1.29, 1.82) is 0 Å². The molecule has 2 heterocycles. The Balaban J connectivity index is 2.24. The van der Waals surface area contributed by atoms with Crippen LogP contribution < -0.4 is 0 Å². The molecule has 0 spiro atoms. The zero-order valence-electron chi connectivity index (χ0n) is 9.33. The summed E-state index contributed by atoms with van der Waals surface area (Å²) in [5.41, 5.74) is 1.57. The number of nitrogens with zero attached hydrogens (tertiary/aromatic N) is 2. The summed E-state index contributed by atoms with van der Waals surface area (Å²) >= 11 is 13.2. The van der Waals surface area contributed by atoms with Crippen LogP contribution in [0.5, 0.6) is 0 Å². The van der Waals surface area contributed by atoms with E-state index >= 15 is 0 Å². The van der Waals surface area contributed by atoms with E-state index in [-0.39, 0.29) is 12.2 Å². The van der Waals surface area contributed by atoms with Crippen molar-refractivity contribution in [2.24, 2.45) is 7.05 Å². The Kier molecular flexibility index (Phi) is 3.56. The second kappa shape index (κ2) is 4.80. The molecule has 2 aromatic rings. The Morgan fingerprint density at radius 1 is 1.47 bits per heavy atom. The first-order valence-electron chi connectivity index (χ1n) is 4.95. The van der Waals surface area contributed by atoms with E-state index in [0.29, 0.717) is 14.4 Å². The molecular formula is C11H10Cl2N2OS. The molecule has 2 rings (SSSR count). The monoisotopic (exact) mass is 288 g/mol. The Labute approximate surface area is 113 Å². The van der Waals surface area contributed by atoms with Crippen molar-refractivity contribution in [1.82, 2.24) is 9.78 Å². The third-order valence-corrected chi connectivity index (χ3v) is 4.20. The molecule has 0 aliphatic heterocycles. The van der Waals surface area contributed by atoms with Crippen molar-refractivity contribution in [3.05, 3.63) is 37.8 Å². The minimum absolute atomic E-state index is 0.0138. The maximum atomic E-state index is 12.0. The van der Waals surface area contributed by atoms with Crippen molar-refractivity contribution < 1.29 is 4.79 Å². The molecular weight excluding hydrogens is 279 g/mol. The SMILES string of the molecule is Cc1nn(C)c(Cl)c1CC(=O)c1ccc(Cl)s1. The first kappa shape index (κ1) is 12.6. The predicted molar refractivity (Wildman–Crippen MR) is 70.3 cm³/mol. The van der Waals surface area contributed by atoms with Crippen molar-refractivity contribution in [3.63, 3.8) is 0 Å². The van der Waals surface area contributed by atoms with Crippen LogP contribution in [-0.2, 0) is 13.5 Å². The van der Waals surface area contributed by atoms with Crippen LogP contribution in [0.1, 0.15) is 20.9 Å². The number of halogens is 2. The molecule has 0 aliphatic carbocycles. The zero-order chi connectivity index (χ0) is 12.6. The van der Waals surface area contributed by atoms with Gasteiger partial charge >= 0.3 is 0 Å². The van der Waals surface area contributed by atoms with Crippen LogP contribution in [0, 0.1) is 6.92 Å². The third kappa shape index (κ3) is 2.54. The van der Waals surface area contributed by atoms with Crippen LogP contribution in [0.3, 0.4) is 0 Å². The van der Waals surface area contributed by atoms with E-state index in [0.717, 1.165) is 11.3 Å². The van der Waals surface area contributed by atoms with Crippen molar-refractivity contribution in [2.75, 3.05) is 0 Å². The Morgan fingerprint density at radius 2 is 2.18 bits per heavy atom. The van der Waals surface area contributed by atoms with E-state index in [9.17, 15) is 4.79 Å². The fourth-order valence-corrected chi connectivity index (χ4v) is 2.81. The predicted octanol–water partition coefficient (Wildman–Crippen LogP) is 3.52. The maximum Gasteiger partial charge on any atom is 0.177 e. The molecule has 0 saturated heterocycles. The fourth-order valence-electron chi connectivity index (χ4n) is 1.59. The van der Waals surface area contributed by atoms with Gasteiger partial charge in [-0.05, 0) is 19.1 Å². The number of Topliss-reactive ketones (excluding diaryl/α,β-unsaturated/α-hetero) is 1. The summed E-state index contributed by atoms with van der Waals surface area (Å²) in [7, 11) is 1.76. The lowest BCUT2D eigenvalue weighted by atomic mass is 10.1. The zero-order valence-corrected chi connectivity index (χ0v) is 11.7. The van der Waals surface area contributed by atoms with Gasteiger partial charge in [0.25, 0.3) is 0 Å². The summed E-state index contributed by atoms with van der Waals surface area (Å²) in [6.07, 6.45) is 0.259. The Bertz CT molecular complexity index is 574. The van der Waals surface area contributed by atoms with Crippen LogP contribution in [0.4, 0.5) is 0 Å². The standard InChI is InChI=1S/C11H10Cl2N2OS/c1-6-7(11(13)15(2)14-6)5-8(16)9-3-4-10(12)17-9/h3-4H,5H2,1-2H3. The number of aromatic nitrogens is 2. The maximum absolute atomic E-state index is 12.0. The van der Waals surface area contributed by atoms with E-state index in [4.69, 9.17) is 23.2 Å². The highest BCUT2D eigenvalue weighted by Gasteiger charge is 2.17. The van der Waals surface area contributed by atoms with Crippen LogP contribution >= 0.6 is 34.5 Å². The number of ketones is 1. The fraction of sp³-hybridized carbons (Fsp3) is 0.273. The van der Waals surface area contributed by atoms with Gasteiger partial charge in [-0.2, -0.15) is 5.10 Å². The van der Waals surface area contributed by atoms with E-state index in [2.05, 4.69) is 5.10 Å². The molecule has 2 aromatic heterocycles. The smallest absolute Gasteiger partial charge is 0.177 e. The normalized spacial score (nSPS) is 10.8. The number of hydrogen-bond donors (Lipinski definition) is 0. The summed E-state index contributed by atoms with van der Waals surface area (Å²) in [5, 5.41) is 4.68. The number of aryl methyl sites for hydroxylation is 2. The molecule has 3 nitrogen and oxygen atoms in total. The van der Waals surface area contributed by atoms with Gasteiger partial charge in [0.1, 0.15) is 5.15 Å². The molecule has 0 aliphatic rings. The molecule has 0 atom stereocenters. The second-order valence-electron chi connectivity index (χ2n) is 3.68. The largest absolute Gasteiger partial charge is 0.293 e. The lowest BCUT2D eigenvalue weighted by molar-refractivity contribution is 0.0996. The second-order valence-corrected chi connectivity index (χ2v) is 5.76. The van der Waals surface area contributed by atoms with Gasteiger partial charge in [-0.1, -0.05) is 23.2 Å². The molecule has 0 unspecified atom stereocenters.